The third kappa shape index (κ3) is 4.68. The third-order valence-electron chi connectivity index (χ3n) is 2.33. The maximum atomic E-state index is 6.06. The molecule has 1 aromatic rings. The van der Waals surface area contributed by atoms with Gasteiger partial charge in [-0.15, -0.1) is 0 Å². The molecule has 0 saturated carbocycles. The van der Waals surface area contributed by atoms with E-state index in [9.17, 15) is 0 Å². The maximum Gasteiger partial charge on any atom is 0.172 e. The molecule has 0 aliphatic carbocycles. The van der Waals surface area contributed by atoms with Gasteiger partial charge in [0.25, 0.3) is 0 Å². The summed E-state index contributed by atoms with van der Waals surface area (Å²) in [5, 5.41) is 0. The molecule has 0 fully saturated rings. The molecule has 1 aromatic heterocycles. The van der Waals surface area contributed by atoms with Crippen molar-refractivity contribution in [2.75, 3.05) is 18.9 Å². The van der Waals surface area contributed by atoms with Crippen LogP contribution in [0.25, 0.3) is 0 Å². The zero-order valence-corrected chi connectivity index (χ0v) is 10.4. The quantitative estimate of drug-likeness (QED) is 0.692. The van der Waals surface area contributed by atoms with Crippen molar-refractivity contribution in [2.45, 2.75) is 32.6 Å². The number of aromatic nitrogens is 1. The van der Waals surface area contributed by atoms with E-state index in [1.165, 1.54) is 0 Å². The largest absolute Gasteiger partial charge is 0.384 e. The molecule has 1 atom stereocenters. The zero-order valence-electron chi connectivity index (χ0n) is 10.4. The van der Waals surface area contributed by atoms with Gasteiger partial charge in [-0.25, -0.2) is 4.98 Å². The van der Waals surface area contributed by atoms with E-state index >= 15 is 0 Å². The Balaban J connectivity index is 2.59. The average molecular weight is 239 g/mol. The van der Waals surface area contributed by atoms with E-state index in [0.717, 1.165) is 5.56 Å². The Bertz CT molecular complexity index is 327. The Morgan fingerprint density at radius 1 is 1.29 bits per heavy atom. The van der Waals surface area contributed by atoms with Gasteiger partial charge < -0.3 is 20.9 Å². The molecule has 96 valence electrons. The number of ether oxygens (including phenoxy) is 2. The van der Waals surface area contributed by atoms with E-state index < -0.39 is 0 Å². The van der Waals surface area contributed by atoms with E-state index in [0.29, 0.717) is 25.5 Å². The molecule has 0 spiro atoms. The highest BCUT2D eigenvalue weighted by Gasteiger charge is 2.18. The molecule has 0 amide bonds. The van der Waals surface area contributed by atoms with Crippen LogP contribution < -0.4 is 11.5 Å². The van der Waals surface area contributed by atoms with Gasteiger partial charge in [-0.05, 0) is 38.0 Å². The number of nitrogens with zero attached hydrogens (tertiary/aromatic N) is 1. The first-order chi connectivity index (χ1) is 8.17. The number of hydrogen-bond acceptors (Lipinski definition) is 5. The number of pyridine rings is 1. The molecule has 1 rings (SSSR count). The normalized spacial score (nSPS) is 12.9. The molecule has 0 saturated heterocycles. The van der Waals surface area contributed by atoms with Crippen molar-refractivity contribution in [3.05, 3.63) is 23.9 Å². The van der Waals surface area contributed by atoms with Crippen LogP contribution in [0.15, 0.2) is 18.3 Å². The molecular formula is C12H21N3O2. The summed E-state index contributed by atoms with van der Waals surface area (Å²) in [4.78, 5) is 3.94. The van der Waals surface area contributed by atoms with Gasteiger partial charge in [0.1, 0.15) is 5.82 Å². The summed E-state index contributed by atoms with van der Waals surface area (Å²) >= 11 is 0. The van der Waals surface area contributed by atoms with Gasteiger partial charge in [0.15, 0.2) is 6.29 Å². The highest BCUT2D eigenvalue weighted by atomic mass is 16.7. The molecule has 5 heteroatoms. The Kier molecular flexibility index (Phi) is 5.90. The molecule has 0 aliphatic heterocycles. The molecule has 0 aromatic carbocycles. The summed E-state index contributed by atoms with van der Waals surface area (Å²) in [5.41, 5.74) is 12.7. The molecule has 0 bridgehead atoms. The van der Waals surface area contributed by atoms with Crippen LogP contribution in [0.5, 0.6) is 0 Å². The summed E-state index contributed by atoms with van der Waals surface area (Å²) in [5.74, 6) is 0.499. The van der Waals surface area contributed by atoms with Crippen LogP contribution in [0.4, 0.5) is 5.82 Å². The SMILES string of the molecule is CCOC(OCC)C(N)Cc1ccnc(N)c1. The number of nitrogen functional groups attached to an aromatic ring is 1. The predicted molar refractivity (Wildman–Crippen MR) is 67.4 cm³/mol. The zero-order chi connectivity index (χ0) is 12.7. The van der Waals surface area contributed by atoms with Gasteiger partial charge in [0.2, 0.25) is 0 Å². The second kappa shape index (κ2) is 7.21. The van der Waals surface area contributed by atoms with Crippen LogP contribution in [0.2, 0.25) is 0 Å². The van der Waals surface area contributed by atoms with E-state index in [4.69, 9.17) is 20.9 Å². The van der Waals surface area contributed by atoms with Crippen LogP contribution in [-0.2, 0) is 15.9 Å². The second-order valence-corrected chi connectivity index (χ2v) is 3.74. The maximum absolute atomic E-state index is 6.06. The van der Waals surface area contributed by atoms with E-state index in [2.05, 4.69) is 4.98 Å². The Morgan fingerprint density at radius 2 is 1.94 bits per heavy atom. The van der Waals surface area contributed by atoms with Gasteiger partial charge in [-0.2, -0.15) is 0 Å². The lowest BCUT2D eigenvalue weighted by molar-refractivity contribution is -0.148. The molecule has 1 heterocycles. The number of nitrogens with two attached hydrogens (primary N) is 2. The molecule has 0 radical (unpaired) electrons. The molecule has 17 heavy (non-hydrogen) atoms. The van der Waals surface area contributed by atoms with Crippen molar-refractivity contribution in [3.8, 4) is 0 Å². The van der Waals surface area contributed by atoms with Crippen molar-refractivity contribution >= 4 is 5.82 Å². The lowest BCUT2D eigenvalue weighted by atomic mass is 10.1. The Morgan fingerprint density at radius 3 is 2.47 bits per heavy atom. The van der Waals surface area contributed by atoms with Crippen LogP contribution in [-0.4, -0.2) is 30.5 Å². The minimum atomic E-state index is -0.376. The van der Waals surface area contributed by atoms with Gasteiger partial charge in [-0.1, -0.05) is 0 Å². The summed E-state index contributed by atoms with van der Waals surface area (Å²) < 4.78 is 10.9. The van der Waals surface area contributed by atoms with Crippen LogP contribution in [0.1, 0.15) is 19.4 Å². The number of anilines is 1. The number of rotatable bonds is 7. The Labute approximate surface area is 102 Å². The summed E-state index contributed by atoms with van der Waals surface area (Å²) in [6.45, 7) is 5.00. The third-order valence-corrected chi connectivity index (χ3v) is 2.33. The minimum Gasteiger partial charge on any atom is -0.384 e. The van der Waals surface area contributed by atoms with Gasteiger partial charge in [0.05, 0.1) is 6.04 Å². The summed E-state index contributed by atoms with van der Waals surface area (Å²) in [6, 6.07) is 3.50. The highest BCUT2D eigenvalue weighted by Crippen LogP contribution is 2.10. The van der Waals surface area contributed by atoms with Crippen LogP contribution in [0.3, 0.4) is 0 Å². The highest BCUT2D eigenvalue weighted by molar-refractivity contribution is 5.32. The first-order valence-electron chi connectivity index (χ1n) is 5.86. The fraction of sp³-hybridized carbons (Fsp3) is 0.583. The lowest BCUT2D eigenvalue weighted by Gasteiger charge is -2.23. The molecule has 4 N–H and O–H groups in total. The van der Waals surface area contributed by atoms with E-state index in [1.54, 1.807) is 6.20 Å². The van der Waals surface area contributed by atoms with Gasteiger partial charge >= 0.3 is 0 Å². The van der Waals surface area contributed by atoms with E-state index in [-0.39, 0.29) is 12.3 Å². The van der Waals surface area contributed by atoms with Gasteiger partial charge in [-0.3, -0.25) is 0 Å². The number of hydrogen-bond donors (Lipinski definition) is 2. The van der Waals surface area contributed by atoms with Crippen molar-refractivity contribution < 1.29 is 9.47 Å². The molecule has 1 unspecified atom stereocenters. The smallest absolute Gasteiger partial charge is 0.172 e. The molecule has 0 aliphatic rings. The first-order valence-corrected chi connectivity index (χ1v) is 5.86. The molecule has 5 nitrogen and oxygen atoms in total. The topological polar surface area (TPSA) is 83.4 Å². The van der Waals surface area contributed by atoms with Crippen molar-refractivity contribution in [3.63, 3.8) is 0 Å². The monoisotopic (exact) mass is 239 g/mol. The van der Waals surface area contributed by atoms with Crippen molar-refractivity contribution in [1.82, 2.24) is 4.98 Å². The predicted octanol–water partition coefficient (Wildman–Crippen LogP) is 0.933. The fourth-order valence-electron chi connectivity index (χ4n) is 1.61. The van der Waals surface area contributed by atoms with Gasteiger partial charge in [0, 0.05) is 19.4 Å². The standard InChI is InChI=1S/C12H21N3O2/c1-3-16-12(17-4-2)10(13)7-9-5-6-15-11(14)8-9/h5-6,8,10,12H,3-4,7,13H2,1-2H3,(H2,14,15). The lowest BCUT2D eigenvalue weighted by Crippen LogP contribution is -2.40. The summed E-state index contributed by atoms with van der Waals surface area (Å²) in [7, 11) is 0. The first kappa shape index (κ1) is 13.9. The summed E-state index contributed by atoms with van der Waals surface area (Å²) in [6.07, 6.45) is 1.95. The van der Waals surface area contributed by atoms with E-state index in [1.807, 2.05) is 26.0 Å². The van der Waals surface area contributed by atoms with Crippen molar-refractivity contribution in [2.24, 2.45) is 5.73 Å². The van der Waals surface area contributed by atoms with Crippen LogP contribution in [0, 0.1) is 0 Å². The Hall–Kier alpha value is -1.17. The second-order valence-electron chi connectivity index (χ2n) is 3.74. The average Bonchev–Trinajstić information content (AvgIpc) is 2.28. The fourth-order valence-corrected chi connectivity index (χ4v) is 1.61. The minimum absolute atomic E-state index is 0.211. The van der Waals surface area contributed by atoms with Crippen molar-refractivity contribution in [1.29, 1.82) is 0 Å². The molecular weight excluding hydrogens is 218 g/mol. The van der Waals surface area contributed by atoms with Crippen LogP contribution >= 0.6 is 0 Å².